The third-order valence-electron chi connectivity index (χ3n) is 4.53. The van der Waals surface area contributed by atoms with Crippen molar-refractivity contribution in [1.82, 2.24) is 4.98 Å². The monoisotopic (exact) mass is 385 g/mol. The molecule has 0 radical (unpaired) electrons. The highest BCUT2D eigenvalue weighted by atomic mass is 16.5. The second-order valence-electron chi connectivity index (χ2n) is 6.43. The number of carbonyl (C=O) groups is 1. The summed E-state index contributed by atoms with van der Waals surface area (Å²) in [7, 11) is 1.51. The second kappa shape index (κ2) is 7.90. The molecule has 1 aromatic heterocycles. The highest BCUT2D eigenvalue weighted by molar-refractivity contribution is 6.00. The minimum atomic E-state index is -0.308. The zero-order chi connectivity index (χ0) is 20.2. The zero-order valence-corrected chi connectivity index (χ0v) is 15.7. The van der Waals surface area contributed by atoms with Gasteiger partial charge in [-0.1, -0.05) is 36.4 Å². The van der Waals surface area contributed by atoms with E-state index in [1.165, 1.54) is 7.11 Å². The summed E-state index contributed by atoms with van der Waals surface area (Å²) in [5, 5.41) is 17.3. The summed E-state index contributed by atoms with van der Waals surface area (Å²) in [5.41, 5.74) is 3.06. The Balaban J connectivity index is 1.51. The van der Waals surface area contributed by atoms with Crippen LogP contribution in [0.25, 0.3) is 22.0 Å². The number of anilines is 2. The number of phenolic OH excluding ortho intramolecular Hbond substituents is 1. The molecule has 4 rings (SSSR count). The van der Waals surface area contributed by atoms with Crippen molar-refractivity contribution in [2.75, 3.05) is 17.7 Å². The molecule has 0 fully saturated rings. The van der Waals surface area contributed by atoms with Gasteiger partial charge in [0.15, 0.2) is 11.5 Å². The summed E-state index contributed by atoms with van der Waals surface area (Å²) in [6.07, 6.45) is 1.63. The largest absolute Gasteiger partial charge is 0.504 e. The summed E-state index contributed by atoms with van der Waals surface area (Å²) >= 11 is 0. The number of nitrogens with zero attached hydrogens (tertiary/aromatic N) is 1. The smallest absolute Gasteiger partial charge is 0.323 e. The highest BCUT2D eigenvalue weighted by Crippen LogP contribution is 2.35. The Bertz CT molecular complexity index is 1160. The van der Waals surface area contributed by atoms with Gasteiger partial charge >= 0.3 is 6.03 Å². The van der Waals surface area contributed by atoms with Crippen LogP contribution in [0.1, 0.15) is 0 Å². The van der Waals surface area contributed by atoms with Crippen LogP contribution in [0.2, 0.25) is 0 Å². The molecule has 1 heterocycles. The molecule has 0 saturated heterocycles. The minimum Gasteiger partial charge on any atom is -0.504 e. The van der Waals surface area contributed by atoms with E-state index in [0.29, 0.717) is 16.8 Å². The molecule has 0 spiro atoms. The van der Waals surface area contributed by atoms with E-state index < -0.39 is 0 Å². The molecule has 0 unspecified atom stereocenters. The van der Waals surface area contributed by atoms with Gasteiger partial charge in [0.2, 0.25) is 0 Å². The first-order valence-corrected chi connectivity index (χ1v) is 9.03. The maximum atomic E-state index is 12.1. The number of pyridine rings is 1. The molecule has 3 aromatic carbocycles. The van der Waals surface area contributed by atoms with Crippen LogP contribution in [0.3, 0.4) is 0 Å². The van der Waals surface area contributed by atoms with Crippen LogP contribution in [0.15, 0.2) is 79.0 Å². The van der Waals surface area contributed by atoms with Crippen molar-refractivity contribution >= 4 is 28.2 Å². The maximum absolute atomic E-state index is 12.1. The lowest BCUT2D eigenvalue weighted by Gasteiger charge is -2.10. The molecule has 4 aromatic rings. The number of rotatable bonds is 4. The Morgan fingerprint density at radius 3 is 2.31 bits per heavy atom. The van der Waals surface area contributed by atoms with Gasteiger partial charge in [-0.05, 0) is 41.8 Å². The van der Waals surface area contributed by atoms with E-state index in [1.807, 2.05) is 66.7 Å². The van der Waals surface area contributed by atoms with Crippen LogP contribution in [-0.2, 0) is 0 Å². The van der Waals surface area contributed by atoms with Gasteiger partial charge in [0.1, 0.15) is 0 Å². The predicted octanol–water partition coefficient (Wildman–Crippen LogP) is 5.26. The number of fused-ring (bicyclic) bond motifs is 1. The van der Waals surface area contributed by atoms with Crippen molar-refractivity contribution < 1.29 is 14.6 Å². The molecule has 0 saturated carbocycles. The Morgan fingerprint density at radius 1 is 0.931 bits per heavy atom. The van der Waals surface area contributed by atoms with Crippen LogP contribution in [0.4, 0.5) is 16.2 Å². The molecule has 6 nitrogen and oxygen atoms in total. The average molecular weight is 385 g/mol. The van der Waals surface area contributed by atoms with Gasteiger partial charge in [-0.2, -0.15) is 0 Å². The lowest BCUT2D eigenvalue weighted by molar-refractivity contribution is 0.262. The van der Waals surface area contributed by atoms with E-state index in [2.05, 4.69) is 15.6 Å². The Hall–Kier alpha value is -4.06. The molecule has 0 aliphatic rings. The number of aromatic nitrogens is 1. The third kappa shape index (κ3) is 3.96. The lowest BCUT2D eigenvalue weighted by Crippen LogP contribution is -2.19. The number of hydrogen-bond acceptors (Lipinski definition) is 4. The molecule has 2 amide bonds. The topological polar surface area (TPSA) is 83.5 Å². The molecule has 3 N–H and O–H groups in total. The minimum absolute atomic E-state index is 0.0769. The maximum Gasteiger partial charge on any atom is 0.323 e. The Labute approximate surface area is 167 Å². The van der Waals surface area contributed by atoms with Crippen LogP contribution in [-0.4, -0.2) is 23.2 Å². The number of methoxy groups -OCH3 is 1. The van der Waals surface area contributed by atoms with Crippen LogP contribution in [0, 0.1) is 0 Å². The van der Waals surface area contributed by atoms with Gasteiger partial charge < -0.3 is 20.5 Å². The van der Waals surface area contributed by atoms with E-state index in [9.17, 15) is 9.90 Å². The number of ether oxygens (including phenoxy) is 1. The number of hydrogen-bond donors (Lipinski definition) is 3. The Kier molecular flexibility index (Phi) is 4.99. The number of carbonyl (C=O) groups excluding carboxylic acids is 1. The number of nitrogens with one attached hydrogen (secondary N) is 2. The lowest BCUT2D eigenvalue weighted by atomic mass is 10.1. The number of phenols is 1. The zero-order valence-electron chi connectivity index (χ0n) is 15.7. The number of urea groups is 1. The van der Waals surface area contributed by atoms with Crippen molar-refractivity contribution in [3.05, 3.63) is 79.0 Å². The van der Waals surface area contributed by atoms with Crippen LogP contribution >= 0.6 is 0 Å². The standard InChI is InChI=1S/C23H19N3O3/c1-29-21-12-9-16-13-20(24-14-19(16)22(21)27)15-7-10-18(11-8-15)26-23(28)25-17-5-3-2-4-6-17/h2-14,27H,1H3,(H2,25,26,28). The SMILES string of the molecule is COc1ccc2cc(-c3ccc(NC(=O)Nc4ccccc4)cc3)ncc2c1O. The quantitative estimate of drug-likeness (QED) is 0.447. The molecule has 0 atom stereocenters. The van der Waals surface area contributed by atoms with Crippen LogP contribution in [0.5, 0.6) is 11.5 Å². The predicted molar refractivity (Wildman–Crippen MR) is 114 cm³/mol. The average Bonchev–Trinajstić information content (AvgIpc) is 2.75. The third-order valence-corrected chi connectivity index (χ3v) is 4.53. The molecule has 6 heteroatoms. The van der Waals surface area contributed by atoms with Gasteiger partial charge in [-0.3, -0.25) is 4.98 Å². The fourth-order valence-corrected chi connectivity index (χ4v) is 3.05. The first-order chi connectivity index (χ1) is 14.1. The van der Waals surface area contributed by atoms with E-state index >= 15 is 0 Å². The van der Waals surface area contributed by atoms with E-state index in [-0.39, 0.29) is 11.8 Å². The van der Waals surface area contributed by atoms with Crippen LogP contribution < -0.4 is 15.4 Å². The molecule has 0 aliphatic carbocycles. The summed E-state index contributed by atoms with van der Waals surface area (Å²) < 4.78 is 5.13. The number of benzene rings is 3. The van der Waals surface area contributed by atoms with Gasteiger partial charge in [0, 0.05) is 28.5 Å². The van der Waals surface area contributed by atoms with Crippen molar-refractivity contribution in [3.63, 3.8) is 0 Å². The molecule has 29 heavy (non-hydrogen) atoms. The summed E-state index contributed by atoms with van der Waals surface area (Å²) in [5.74, 6) is 0.490. The first kappa shape index (κ1) is 18.3. The van der Waals surface area contributed by atoms with E-state index in [1.54, 1.807) is 12.3 Å². The summed E-state index contributed by atoms with van der Waals surface area (Å²) in [4.78, 5) is 16.5. The Morgan fingerprint density at radius 2 is 1.62 bits per heavy atom. The van der Waals surface area contributed by atoms with Crippen molar-refractivity contribution in [1.29, 1.82) is 0 Å². The van der Waals surface area contributed by atoms with Gasteiger partial charge in [-0.25, -0.2) is 4.79 Å². The van der Waals surface area contributed by atoms with Gasteiger partial charge in [0.25, 0.3) is 0 Å². The molecular weight excluding hydrogens is 366 g/mol. The number of aromatic hydroxyl groups is 1. The molecule has 0 bridgehead atoms. The van der Waals surface area contributed by atoms with E-state index in [0.717, 1.165) is 22.3 Å². The number of amides is 2. The van der Waals surface area contributed by atoms with E-state index in [4.69, 9.17) is 4.74 Å². The number of para-hydroxylation sites is 1. The molecular formula is C23H19N3O3. The fourth-order valence-electron chi connectivity index (χ4n) is 3.05. The normalized spacial score (nSPS) is 10.5. The van der Waals surface area contributed by atoms with Crippen molar-refractivity contribution in [2.24, 2.45) is 0 Å². The van der Waals surface area contributed by atoms with Crippen molar-refractivity contribution in [3.8, 4) is 22.8 Å². The second-order valence-corrected chi connectivity index (χ2v) is 6.43. The first-order valence-electron chi connectivity index (χ1n) is 9.03. The van der Waals surface area contributed by atoms with Crippen molar-refractivity contribution in [2.45, 2.75) is 0 Å². The molecule has 0 aliphatic heterocycles. The highest BCUT2D eigenvalue weighted by Gasteiger charge is 2.09. The van der Waals surface area contributed by atoms with Gasteiger partial charge in [-0.15, -0.1) is 0 Å². The summed E-state index contributed by atoms with van der Waals surface area (Å²) in [6, 6.07) is 21.8. The molecule has 144 valence electrons. The van der Waals surface area contributed by atoms with Gasteiger partial charge in [0.05, 0.1) is 12.8 Å². The summed E-state index contributed by atoms with van der Waals surface area (Å²) in [6.45, 7) is 0. The fraction of sp³-hybridized carbons (Fsp3) is 0.0435.